The summed E-state index contributed by atoms with van der Waals surface area (Å²) in [6.45, 7) is 9.53. The summed E-state index contributed by atoms with van der Waals surface area (Å²) in [7, 11) is 0. The largest absolute Gasteiger partial charge is 0.479 e. The summed E-state index contributed by atoms with van der Waals surface area (Å²) in [6, 6.07) is 0. The van der Waals surface area contributed by atoms with Crippen LogP contribution in [0.5, 0.6) is 0 Å². The summed E-state index contributed by atoms with van der Waals surface area (Å²) < 4.78 is 25.3. The van der Waals surface area contributed by atoms with Crippen LogP contribution in [0.1, 0.15) is 13.8 Å². The minimum atomic E-state index is -2.27. The monoisotopic (exact) mass is 506 g/mol. The summed E-state index contributed by atoms with van der Waals surface area (Å²) in [4.78, 5) is 19.5. The molecule has 0 fully saturated rings. The molecule has 0 aromatic rings. The van der Waals surface area contributed by atoms with Gasteiger partial charge in [0, 0.05) is 6.61 Å². The van der Waals surface area contributed by atoms with Gasteiger partial charge in [0.2, 0.25) is 0 Å². The Kier molecular flexibility index (Phi) is 32.3. The molecule has 0 radical (unpaired) electrons. The van der Waals surface area contributed by atoms with Gasteiger partial charge in [-0.1, -0.05) is 13.8 Å². The molecule has 2 atom stereocenters. The van der Waals surface area contributed by atoms with Crippen molar-refractivity contribution in [2.75, 3.05) is 85.9 Å². The molecule has 0 amide bonds. The first-order chi connectivity index (χ1) is 16.1. The van der Waals surface area contributed by atoms with Crippen molar-refractivity contribution >= 4 is 11.9 Å². The summed E-state index contributed by atoms with van der Waals surface area (Å²) in [6.07, 6.45) is -4.53. The Hall–Kier alpha value is -1.46. The van der Waals surface area contributed by atoms with Gasteiger partial charge in [0.05, 0.1) is 79.3 Å². The number of carbonyl (C=O) groups is 2. The third-order valence-corrected chi connectivity index (χ3v) is 3.08. The standard InChI is InChI=1S/C10H22O4.C6H14O4.C4H6O6/c1-10(2)9-14-8-7-13-6-5-12-4-3-11;7-1-3-9-5-6-10-4-2-8;5-1(3(7)8)2(6)4(9)10/h10-11H,3-9H2,1-2H3;7-8H,1-6H2;1-2,5-6H,(H,7,8)(H,9,10). The highest BCUT2D eigenvalue weighted by Crippen LogP contribution is 1.93. The van der Waals surface area contributed by atoms with E-state index in [-0.39, 0.29) is 19.8 Å². The molecule has 0 aromatic carbocycles. The van der Waals surface area contributed by atoms with Crippen molar-refractivity contribution in [3.8, 4) is 0 Å². The number of carboxylic acid groups (broad SMARTS) is 2. The maximum absolute atomic E-state index is 9.77. The minimum Gasteiger partial charge on any atom is -0.479 e. The fraction of sp³-hybridized carbons (Fsp3) is 0.900. The summed E-state index contributed by atoms with van der Waals surface area (Å²) in [5.74, 6) is -2.97. The van der Waals surface area contributed by atoms with Crippen molar-refractivity contribution in [1.29, 1.82) is 0 Å². The SMILES string of the molecule is CC(C)COCCOCCOCCO.O=C(O)C(O)C(O)C(=O)O.OCCOCCOCCO. The Balaban J connectivity index is -0.000000434. The molecule has 2 unspecified atom stereocenters. The van der Waals surface area contributed by atoms with Crippen LogP contribution in [0, 0.1) is 5.92 Å². The van der Waals surface area contributed by atoms with E-state index in [0.717, 1.165) is 6.61 Å². The maximum Gasteiger partial charge on any atom is 0.335 e. The molecule has 14 nitrogen and oxygen atoms in total. The van der Waals surface area contributed by atoms with Crippen LogP contribution >= 0.6 is 0 Å². The van der Waals surface area contributed by atoms with Crippen molar-refractivity contribution in [1.82, 2.24) is 0 Å². The molecule has 0 spiro atoms. The number of aliphatic hydroxyl groups is 5. The zero-order valence-corrected chi connectivity index (χ0v) is 19.9. The Morgan fingerprint density at radius 3 is 1.06 bits per heavy atom. The molecule has 0 heterocycles. The number of hydrogen-bond donors (Lipinski definition) is 7. The van der Waals surface area contributed by atoms with Crippen LogP contribution < -0.4 is 0 Å². The van der Waals surface area contributed by atoms with E-state index in [0.29, 0.717) is 65.4 Å². The van der Waals surface area contributed by atoms with Crippen molar-refractivity contribution in [2.45, 2.75) is 26.1 Å². The van der Waals surface area contributed by atoms with Gasteiger partial charge in [-0.25, -0.2) is 9.59 Å². The van der Waals surface area contributed by atoms with Crippen molar-refractivity contribution in [2.24, 2.45) is 5.92 Å². The van der Waals surface area contributed by atoms with Crippen LogP contribution in [0.15, 0.2) is 0 Å². The number of ether oxygens (including phenoxy) is 5. The Morgan fingerprint density at radius 1 is 0.559 bits per heavy atom. The van der Waals surface area contributed by atoms with Crippen LogP contribution in [-0.4, -0.2) is 146 Å². The number of carboxylic acids is 2. The second-order valence-corrected chi connectivity index (χ2v) is 6.66. The molecule has 7 N–H and O–H groups in total. The van der Waals surface area contributed by atoms with Crippen LogP contribution in [0.2, 0.25) is 0 Å². The van der Waals surface area contributed by atoms with E-state index >= 15 is 0 Å². The van der Waals surface area contributed by atoms with Crippen molar-refractivity contribution in [3.05, 3.63) is 0 Å². The first-order valence-electron chi connectivity index (χ1n) is 10.7. The maximum atomic E-state index is 9.77. The van der Waals surface area contributed by atoms with E-state index in [1.165, 1.54) is 0 Å². The molecule has 0 saturated carbocycles. The third kappa shape index (κ3) is 32.7. The quantitative estimate of drug-likeness (QED) is 0.0853. The summed E-state index contributed by atoms with van der Waals surface area (Å²) >= 11 is 0. The van der Waals surface area contributed by atoms with E-state index < -0.39 is 24.1 Å². The molecular weight excluding hydrogens is 464 g/mol. The highest BCUT2D eigenvalue weighted by atomic mass is 16.5. The highest BCUT2D eigenvalue weighted by Gasteiger charge is 2.29. The minimum absolute atomic E-state index is 0.0417. The van der Waals surface area contributed by atoms with Gasteiger partial charge in [0.25, 0.3) is 0 Å². The third-order valence-electron chi connectivity index (χ3n) is 3.08. The van der Waals surface area contributed by atoms with Gasteiger partial charge in [0.15, 0.2) is 12.2 Å². The van der Waals surface area contributed by atoms with E-state index in [4.69, 9.17) is 59.4 Å². The fourth-order valence-corrected chi connectivity index (χ4v) is 1.54. The van der Waals surface area contributed by atoms with E-state index in [9.17, 15) is 9.59 Å². The molecular formula is C20H42O14. The van der Waals surface area contributed by atoms with Gasteiger partial charge in [-0.2, -0.15) is 0 Å². The zero-order valence-electron chi connectivity index (χ0n) is 19.9. The number of hydrogen-bond acceptors (Lipinski definition) is 12. The van der Waals surface area contributed by atoms with Gasteiger partial charge in [0.1, 0.15) is 0 Å². The molecule has 0 bridgehead atoms. The first-order valence-corrected chi connectivity index (χ1v) is 10.7. The van der Waals surface area contributed by atoms with Crippen LogP contribution in [0.3, 0.4) is 0 Å². The van der Waals surface area contributed by atoms with E-state index in [1.54, 1.807) is 0 Å². The molecule has 0 aliphatic rings. The van der Waals surface area contributed by atoms with Crippen molar-refractivity contribution in [3.63, 3.8) is 0 Å². The van der Waals surface area contributed by atoms with Gasteiger partial charge < -0.3 is 59.4 Å². The Labute approximate surface area is 199 Å². The Morgan fingerprint density at radius 2 is 0.824 bits per heavy atom. The molecule has 0 rings (SSSR count). The number of aliphatic carboxylic acids is 2. The molecule has 0 aromatic heterocycles. The first kappa shape index (κ1) is 37.1. The second-order valence-electron chi connectivity index (χ2n) is 6.66. The Bertz CT molecular complexity index is 409. The van der Waals surface area contributed by atoms with E-state index in [1.807, 2.05) is 0 Å². The number of aliphatic hydroxyl groups excluding tert-OH is 5. The van der Waals surface area contributed by atoms with Crippen LogP contribution in [-0.2, 0) is 33.3 Å². The molecule has 0 aliphatic carbocycles. The van der Waals surface area contributed by atoms with Crippen molar-refractivity contribution < 1.29 is 69.0 Å². The lowest BCUT2D eigenvalue weighted by molar-refractivity contribution is -0.165. The molecule has 14 heteroatoms. The van der Waals surface area contributed by atoms with Gasteiger partial charge in [-0.3, -0.25) is 0 Å². The predicted molar refractivity (Wildman–Crippen MR) is 117 cm³/mol. The van der Waals surface area contributed by atoms with Gasteiger partial charge in [-0.05, 0) is 5.92 Å². The summed E-state index contributed by atoms with van der Waals surface area (Å²) in [5, 5.41) is 57.5. The summed E-state index contributed by atoms with van der Waals surface area (Å²) in [5.41, 5.74) is 0. The van der Waals surface area contributed by atoms with Crippen LogP contribution in [0.25, 0.3) is 0 Å². The average molecular weight is 507 g/mol. The average Bonchev–Trinajstić information content (AvgIpc) is 2.79. The normalized spacial score (nSPS) is 12.2. The topological polar surface area (TPSA) is 222 Å². The number of rotatable bonds is 20. The lowest BCUT2D eigenvalue weighted by Crippen LogP contribution is -2.39. The predicted octanol–water partition coefficient (Wildman–Crippen LogP) is -2.43. The van der Waals surface area contributed by atoms with E-state index in [2.05, 4.69) is 13.8 Å². The smallest absolute Gasteiger partial charge is 0.335 e. The highest BCUT2D eigenvalue weighted by molar-refractivity contribution is 5.83. The van der Waals surface area contributed by atoms with Crippen LogP contribution in [0.4, 0.5) is 0 Å². The lowest BCUT2D eigenvalue weighted by atomic mass is 10.2. The molecule has 34 heavy (non-hydrogen) atoms. The second kappa shape index (κ2) is 29.6. The van der Waals surface area contributed by atoms with Gasteiger partial charge in [-0.15, -0.1) is 0 Å². The molecule has 206 valence electrons. The van der Waals surface area contributed by atoms with Gasteiger partial charge >= 0.3 is 11.9 Å². The molecule has 0 aliphatic heterocycles. The lowest BCUT2D eigenvalue weighted by Gasteiger charge is -2.07. The fourth-order valence-electron chi connectivity index (χ4n) is 1.54. The molecule has 0 saturated heterocycles. The zero-order chi connectivity index (χ0) is 26.6.